The van der Waals surface area contributed by atoms with Gasteiger partial charge in [0.1, 0.15) is 0 Å². The van der Waals surface area contributed by atoms with Crippen molar-refractivity contribution >= 4 is 0 Å². The van der Waals surface area contributed by atoms with E-state index in [0.29, 0.717) is 51.5 Å². The van der Waals surface area contributed by atoms with Crippen molar-refractivity contribution in [2.24, 2.45) is 11.8 Å². The molecule has 4 aliphatic carbocycles. The molecule has 40 heavy (non-hydrogen) atoms. The quantitative estimate of drug-likeness (QED) is 0.238. The lowest BCUT2D eigenvalue weighted by molar-refractivity contribution is -0.0285. The van der Waals surface area contributed by atoms with Gasteiger partial charge in [-0.1, -0.05) is 0 Å². The van der Waals surface area contributed by atoms with Gasteiger partial charge >= 0.3 is 0 Å². The van der Waals surface area contributed by atoms with Gasteiger partial charge < -0.3 is 28.4 Å². The van der Waals surface area contributed by atoms with Gasteiger partial charge in [0.2, 0.25) is 11.5 Å². The van der Waals surface area contributed by atoms with Crippen LogP contribution in [0.4, 0.5) is 0 Å². The van der Waals surface area contributed by atoms with E-state index in [1.807, 2.05) is 41.5 Å². The van der Waals surface area contributed by atoms with Crippen molar-refractivity contribution in [2.75, 3.05) is 39.6 Å². The summed E-state index contributed by atoms with van der Waals surface area (Å²) in [6.45, 7) is 15.6. The Labute approximate surface area is 240 Å². The lowest BCUT2D eigenvalue weighted by atomic mass is 9.41. The average molecular weight is 553 g/mol. The van der Waals surface area contributed by atoms with Crippen molar-refractivity contribution in [2.45, 2.75) is 90.9 Å². The summed E-state index contributed by atoms with van der Waals surface area (Å²) in [5.41, 5.74) is 2.82. The van der Waals surface area contributed by atoms with Crippen LogP contribution in [0, 0.1) is 11.8 Å². The van der Waals surface area contributed by atoms with E-state index >= 15 is 0 Å². The topological polar surface area (TPSA) is 55.4 Å². The second kappa shape index (κ2) is 12.0. The Balaban J connectivity index is 1.62. The molecule has 2 aromatic carbocycles. The van der Waals surface area contributed by atoms with Gasteiger partial charge in [-0.2, -0.15) is 0 Å². The van der Waals surface area contributed by atoms with Crippen LogP contribution in [0.25, 0.3) is 0 Å². The van der Waals surface area contributed by atoms with Crippen molar-refractivity contribution < 1.29 is 28.4 Å². The van der Waals surface area contributed by atoms with Crippen LogP contribution in [-0.2, 0) is 10.8 Å². The first kappa shape index (κ1) is 28.8. The fraction of sp³-hybridized carbons (Fsp3) is 0.647. The maximum Gasteiger partial charge on any atom is 0.203 e. The van der Waals surface area contributed by atoms with Crippen molar-refractivity contribution in [1.82, 2.24) is 0 Å². The Morgan fingerprint density at radius 1 is 0.500 bits per heavy atom. The molecule has 6 rings (SSSR count). The molecule has 4 fully saturated rings. The number of ether oxygens (including phenoxy) is 6. The van der Waals surface area contributed by atoms with Gasteiger partial charge in [0.15, 0.2) is 23.0 Å². The van der Waals surface area contributed by atoms with E-state index in [4.69, 9.17) is 28.4 Å². The molecule has 0 radical (unpaired) electrons. The van der Waals surface area contributed by atoms with E-state index < -0.39 is 0 Å². The molecule has 0 aromatic heterocycles. The summed E-state index contributed by atoms with van der Waals surface area (Å²) < 4.78 is 36.7. The number of hydrogen-bond donors (Lipinski definition) is 0. The summed E-state index contributed by atoms with van der Waals surface area (Å²) >= 11 is 0. The fourth-order valence-corrected chi connectivity index (χ4v) is 8.33. The van der Waals surface area contributed by atoms with Crippen molar-refractivity contribution in [3.8, 4) is 34.5 Å². The predicted octanol–water partition coefficient (Wildman–Crippen LogP) is 7.87. The molecule has 0 amide bonds. The highest BCUT2D eigenvalue weighted by atomic mass is 16.5. The Morgan fingerprint density at radius 2 is 0.800 bits per heavy atom. The zero-order chi connectivity index (χ0) is 28.3. The Kier molecular flexibility index (Phi) is 8.63. The Hall–Kier alpha value is -2.76. The Bertz CT molecular complexity index is 1020. The molecule has 0 N–H and O–H groups in total. The summed E-state index contributed by atoms with van der Waals surface area (Å²) in [5, 5.41) is 0. The molecule has 6 heteroatoms. The van der Waals surface area contributed by atoms with Crippen molar-refractivity contribution in [3.05, 3.63) is 35.4 Å². The lowest BCUT2D eigenvalue weighted by Crippen LogP contribution is -2.56. The predicted molar refractivity (Wildman–Crippen MR) is 158 cm³/mol. The van der Waals surface area contributed by atoms with Crippen LogP contribution >= 0.6 is 0 Å². The molecule has 0 aliphatic heterocycles. The van der Waals surface area contributed by atoms with Gasteiger partial charge in [0, 0.05) is 0 Å². The summed E-state index contributed by atoms with van der Waals surface area (Å²) in [4.78, 5) is 0. The average Bonchev–Trinajstić information content (AvgIpc) is 2.92. The molecule has 4 aliphatic rings. The molecule has 4 bridgehead atoms. The van der Waals surface area contributed by atoms with Crippen LogP contribution in [0.3, 0.4) is 0 Å². The monoisotopic (exact) mass is 552 g/mol. The second-order valence-corrected chi connectivity index (χ2v) is 11.7. The first-order chi connectivity index (χ1) is 19.4. The van der Waals surface area contributed by atoms with Gasteiger partial charge in [-0.3, -0.25) is 0 Å². The van der Waals surface area contributed by atoms with Gasteiger partial charge in [0.05, 0.1) is 39.6 Å². The normalized spacial score (nSPS) is 26.4. The molecule has 4 saturated carbocycles. The van der Waals surface area contributed by atoms with E-state index in [-0.39, 0.29) is 10.8 Å². The maximum absolute atomic E-state index is 6.16. The highest BCUT2D eigenvalue weighted by Gasteiger charge is 2.59. The van der Waals surface area contributed by atoms with Crippen LogP contribution in [0.2, 0.25) is 0 Å². The molecule has 6 nitrogen and oxygen atoms in total. The maximum atomic E-state index is 6.16. The minimum absolute atomic E-state index is 0.0721. The third kappa shape index (κ3) is 5.19. The van der Waals surface area contributed by atoms with Gasteiger partial charge in [-0.05, 0) is 138 Å². The molecular formula is C34H48O6. The molecule has 2 aromatic rings. The van der Waals surface area contributed by atoms with Crippen LogP contribution < -0.4 is 28.4 Å². The Morgan fingerprint density at radius 3 is 1.07 bits per heavy atom. The summed E-state index contributed by atoms with van der Waals surface area (Å²) in [5.74, 6) is 6.03. The summed E-state index contributed by atoms with van der Waals surface area (Å²) in [6, 6.07) is 9.03. The van der Waals surface area contributed by atoms with E-state index in [0.717, 1.165) is 40.9 Å². The molecule has 0 saturated heterocycles. The summed E-state index contributed by atoms with van der Waals surface area (Å²) in [7, 11) is 0. The first-order valence-electron chi connectivity index (χ1n) is 15.6. The summed E-state index contributed by atoms with van der Waals surface area (Å²) in [6.07, 6.45) is 7.27. The largest absolute Gasteiger partial charge is 0.490 e. The number of benzene rings is 2. The highest BCUT2D eigenvalue weighted by molar-refractivity contribution is 5.58. The SMILES string of the molecule is CCOc1cc(C23CC4CC(C2)CC(c2cc(OCC)c(OCC)c(OCC)c2)(C4)C3)cc(OCC)c1OCC. The molecule has 0 heterocycles. The van der Waals surface area contributed by atoms with Gasteiger partial charge in [0.25, 0.3) is 0 Å². The molecule has 0 unspecified atom stereocenters. The van der Waals surface area contributed by atoms with E-state index in [1.165, 1.54) is 43.2 Å². The molecule has 220 valence electrons. The minimum Gasteiger partial charge on any atom is -0.490 e. The van der Waals surface area contributed by atoms with Crippen molar-refractivity contribution in [3.63, 3.8) is 0 Å². The van der Waals surface area contributed by atoms with Gasteiger partial charge in [-0.25, -0.2) is 0 Å². The first-order valence-corrected chi connectivity index (χ1v) is 15.6. The lowest BCUT2D eigenvalue weighted by Gasteiger charge is -2.63. The van der Waals surface area contributed by atoms with Crippen molar-refractivity contribution in [1.29, 1.82) is 0 Å². The number of rotatable bonds is 14. The third-order valence-corrected chi connectivity index (χ3v) is 9.10. The molecule has 0 spiro atoms. The van der Waals surface area contributed by atoms with Crippen LogP contribution in [0.15, 0.2) is 24.3 Å². The second-order valence-electron chi connectivity index (χ2n) is 11.7. The van der Waals surface area contributed by atoms with E-state index in [2.05, 4.69) is 24.3 Å². The fourth-order valence-electron chi connectivity index (χ4n) is 8.33. The van der Waals surface area contributed by atoms with Gasteiger partial charge in [-0.15, -0.1) is 0 Å². The van der Waals surface area contributed by atoms with Crippen LogP contribution in [-0.4, -0.2) is 39.6 Å². The third-order valence-electron chi connectivity index (χ3n) is 9.10. The smallest absolute Gasteiger partial charge is 0.203 e. The number of hydrogen-bond acceptors (Lipinski definition) is 6. The highest BCUT2D eigenvalue weighted by Crippen LogP contribution is 2.67. The minimum atomic E-state index is 0.0721. The standard InChI is InChI=1S/C34H48O6/c1-7-35-27-14-25(15-28(36-8-2)31(27)39-11-5)33-18-23-13-24(19-33)21-34(20-23,22-33)26-16-29(37-9-3)32(40-12-6)30(17-26)38-10-4/h14-17,23-24H,7-13,18-22H2,1-6H3. The molecule has 0 atom stereocenters. The van der Waals surface area contributed by atoms with E-state index in [1.54, 1.807) is 0 Å². The van der Waals surface area contributed by atoms with Crippen LogP contribution in [0.1, 0.15) is 91.2 Å². The zero-order valence-corrected chi connectivity index (χ0v) is 25.4. The van der Waals surface area contributed by atoms with E-state index in [9.17, 15) is 0 Å². The van der Waals surface area contributed by atoms with Crippen LogP contribution in [0.5, 0.6) is 34.5 Å². The molecular weight excluding hydrogens is 504 g/mol. The zero-order valence-electron chi connectivity index (χ0n) is 25.4.